The molecule has 1 N–H and O–H groups in total. The van der Waals surface area contributed by atoms with Crippen LogP contribution < -0.4 is 4.90 Å². The fourth-order valence-electron chi connectivity index (χ4n) is 3.43. The molecule has 1 amide bonds. The Morgan fingerprint density at radius 2 is 1.79 bits per heavy atom. The molecule has 150 valence electrons. The van der Waals surface area contributed by atoms with Crippen LogP contribution in [0, 0.1) is 0 Å². The monoisotopic (exact) mass is 415 g/mol. The molecule has 0 aliphatic carbocycles. The van der Waals surface area contributed by atoms with Crippen LogP contribution in [0.15, 0.2) is 30.0 Å². The van der Waals surface area contributed by atoms with Crippen LogP contribution in [0.3, 0.4) is 0 Å². The van der Waals surface area contributed by atoms with Gasteiger partial charge in [-0.1, -0.05) is 11.3 Å². The van der Waals surface area contributed by atoms with Crippen molar-refractivity contribution in [1.29, 1.82) is 0 Å². The zero-order chi connectivity index (χ0) is 20.3. The summed E-state index contributed by atoms with van der Waals surface area (Å²) in [5.74, 6) is -2.64. The highest BCUT2D eigenvalue weighted by molar-refractivity contribution is 7.13. The van der Waals surface area contributed by atoms with Gasteiger partial charge in [-0.3, -0.25) is 9.78 Å². The topological polar surface area (TPSA) is 99.5 Å². The number of anilines is 1. The number of amides is 1. The van der Waals surface area contributed by atoms with E-state index in [1.807, 2.05) is 4.90 Å². The quantitative estimate of drug-likeness (QED) is 0.801. The molecule has 0 aromatic carbocycles. The highest BCUT2D eigenvalue weighted by atomic mass is 32.1. The number of hydrogen-bond donors (Lipinski definition) is 1. The van der Waals surface area contributed by atoms with Gasteiger partial charge in [0.1, 0.15) is 5.51 Å². The third-order valence-electron chi connectivity index (χ3n) is 4.60. The summed E-state index contributed by atoms with van der Waals surface area (Å²) in [4.78, 5) is 29.8. The first-order chi connectivity index (χ1) is 13.3. The van der Waals surface area contributed by atoms with Crippen LogP contribution in [-0.4, -0.2) is 68.4 Å². The lowest BCUT2D eigenvalue weighted by Gasteiger charge is -2.25. The fraction of sp³-hybridized carbons (Fsp3) is 0.438. The molecule has 28 heavy (non-hydrogen) atoms. The molecule has 0 radical (unpaired) electrons. The second kappa shape index (κ2) is 8.09. The number of aromatic nitrogens is 3. The van der Waals surface area contributed by atoms with Gasteiger partial charge in [0.15, 0.2) is 0 Å². The predicted octanol–water partition coefficient (Wildman–Crippen LogP) is 2.06. The summed E-state index contributed by atoms with van der Waals surface area (Å²) in [5.41, 5.74) is 2.48. The van der Waals surface area contributed by atoms with Crippen LogP contribution in [0.25, 0.3) is 0 Å². The van der Waals surface area contributed by atoms with Crippen LogP contribution in [-0.2, 0) is 4.79 Å². The van der Waals surface area contributed by atoms with Crippen molar-refractivity contribution in [3.8, 4) is 0 Å². The van der Waals surface area contributed by atoms with E-state index in [4.69, 9.17) is 9.90 Å². The van der Waals surface area contributed by atoms with E-state index >= 15 is 0 Å². The predicted molar refractivity (Wildman–Crippen MR) is 93.0 cm³/mol. The first-order valence-electron chi connectivity index (χ1n) is 8.33. The zero-order valence-corrected chi connectivity index (χ0v) is 15.2. The maximum absolute atomic E-state index is 12.6. The Bertz CT molecular complexity index is 819. The molecule has 2 aromatic heterocycles. The lowest BCUT2D eigenvalue weighted by atomic mass is 10.1. The molecule has 2 atom stereocenters. The minimum absolute atomic E-state index is 0.115. The lowest BCUT2D eigenvalue weighted by molar-refractivity contribution is -0.192. The van der Waals surface area contributed by atoms with Crippen molar-refractivity contribution < 1.29 is 27.9 Å². The minimum atomic E-state index is -5.08. The molecule has 2 aromatic rings. The van der Waals surface area contributed by atoms with Crippen LogP contribution in [0.4, 0.5) is 18.3 Å². The van der Waals surface area contributed by atoms with Crippen LogP contribution in [0.5, 0.6) is 0 Å². The Labute approximate surface area is 161 Å². The number of aliphatic carboxylic acids is 1. The van der Waals surface area contributed by atoms with Crippen LogP contribution in [0.1, 0.15) is 23.2 Å². The summed E-state index contributed by atoms with van der Waals surface area (Å²) >= 11 is 1.57. The van der Waals surface area contributed by atoms with Gasteiger partial charge in [-0.25, -0.2) is 4.79 Å². The summed E-state index contributed by atoms with van der Waals surface area (Å²) in [6.45, 7) is 1.76. The van der Waals surface area contributed by atoms with Gasteiger partial charge < -0.3 is 14.9 Å². The summed E-state index contributed by atoms with van der Waals surface area (Å²) in [7, 11) is 0. The van der Waals surface area contributed by atoms with Gasteiger partial charge in [-0.15, -0.1) is 10.2 Å². The molecule has 2 aliphatic rings. The average Bonchev–Trinajstić information content (AvgIpc) is 3.39. The van der Waals surface area contributed by atoms with Crippen LogP contribution >= 0.6 is 11.3 Å². The number of fused-ring (bicyclic) bond motifs is 1. The van der Waals surface area contributed by atoms with E-state index in [1.54, 1.807) is 41.4 Å². The smallest absolute Gasteiger partial charge is 0.475 e. The van der Waals surface area contributed by atoms with E-state index in [0.29, 0.717) is 6.04 Å². The highest BCUT2D eigenvalue weighted by Crippen LogP contribution is 2.36. The van der Waals surface area contributed by atoms with Crippen LogP contribution in [0.2, 0.25) is 0 Å². The Morgan fingerprint density at radius 1 is 1.14 bits per heavy atom. The van der Waals surface area contributed by atoms with E-state index in [1.165, 1.54) is 0 Å². The molecule has 2 fully saturated rings. The molecule has 2 aliphatic heterocycles. The first-order valence-corrected chi connectivity index (χ1v) is 9.21. The average molecular weight is 415 g/mol. The van der Waals surface area contributed by atoms with Gasteiger partial charge in [-0.2, -0.15) is 13.2 Å². The number of halogens is 3. The molecule has 0 unspecified atom stereocenters. The summed E-state index contributed by atoms with van der Waals surface area (Å²) < 4.78 is 31.7. The van der Waals surface area contributed by atoms with Crippen molar-refractivity contribution >= 4 is 28.3 Å². The molecule has 8 nitrogen and oxygen atoms in total. The number of carbonyl (C=O) groups excluding carboxylic acids is 1. The third-order valence-corrected chi connectivity index (χ3v) is 5.33. The van der Waals surface area contributed by atoms with Gasteiger partial charge in [0.05, 0.1) is 12.1 Å². The van der Waals surface area contributed by atoms with Crippen molar-refractivity contribution in [2.24, 2.45) is 0 Å². The summed E-state index contributed by atoms with van der Waals surface area (Å²) in [5, 5.41) is 16.2. The zero-order valence-electron chi connectivity index (χ0n) is 14.4. The van der Waals surface area contributed by atoms with E-state index in [-0.39, 0.29) is 11.9 Å². The van der Waals surface area contributed by atoms with Gasteiger partial charge in [-0.05, 0) is 25.0 Å². The molecule has 2 saturated heterocycles. The van der Waals surface area contributed by atoms with E-state index in [9.17, 15) is 18.0 Å². The number of carboxylic acid groups (broad SMARTS) is 1. The summed E-state index contributed by atoms with van der Waals surface area (Å²) in [6.07, 6.45) is 0.258. The molecule has 12 heteroatoms. The Kier molecular flexibility index (Phi) is 5.77. The van der Waals surface area contributed by atoms with Gasteiger partial charge in [0.2, 0.25) is 5.13 Å². The van der Waals surface area contributed by atoms with Crippen molar-refractivity contribution in [2.45, 2.75) is 31.1 Å². The lowest BCUT2D eigenvalue weighted by Crippen LogP contribution is -2.39. The number of alkyl halides is 3. The van der Waals surface area contributed by atoms with Crippen molar-refractivity contribution in [2.75, 3.05) is 18.0 Å². The SMILES string of the molecule is O=C(O)C(F)(F)F.O=C(c1ccncc1)N1CC[C@H]2[C@H]1CCN2c1nncs1. The normalized spacial score (nSPS) is 21.1. The number of hydrogen-bond acceptors (Lipinski definition) is 7. The van der Waals surface area contributed by atoms with E-state index in [0.717, 1.165) is 36.6 Å². The largest absolute Gasteiger partial charge is 0.490 e. The summed E-state index contributed by atoms with van der Waals surface area (Å²) in [6, 6.07) is 4.23. The molecule has 0 bridgehead atoms. The highest BCUT2D eigenvalue weighted by Gasteiger charge is 2.45. The molecular weight excluding hydrogens is 399 g/mol. The molecule has 0 saturated carbocycles. The number of rotatable bonds is 2. The third kappa shape index (κ3) is 4.21. The Balaban J connectivity index is 0.000000279. The fourth-order valence-corrected chi connectivity index (χ4v) is 4.07. The van der Waals surface area contributed by atoms with Gasteiger partial charge >= 0.3 is 12.1 Å². The number of nitrogens with zero attached hydrogens (tertiary/aromatic N) is 5. The number of carboxylic acids is 1. The van der Waals surface area contributed by atoms with E-state index < -0.39 is 12.1 Å². The second-order valence-corrected chi connectivity index (χ2v) is 6.98. The van der Waals surface area contributed by atoms with Crippen molar-refractivity contribution in [1.82, 2.24) is 20.1 Å². The maximum atomic E-state index is 12.6. The molecule has 0 spiro atoms. The van der Waals surface area contributed by atoms with Gasteiger partial charge in [0, 0.05) is 31.0 Å². The van der Waals surface area contributed by atoms with Gasteiger partial charge in [0.25, 0.3) is 5.91 Å². The first kappa shape index (κ1) is 20.0. The minimum Gasteiger partial charge on any atom is -0.475 e. The number of pyridine rings is 1. The second-order valence-electron chi connectivity index (χ2n) is 6.16. The Hall–Kier alpha value is -2.76. The standard InChI is InChI=1S/C14H15N5OS.C2HF3O2/c20-13(10-1-5-15-6-2-10)18-7-3-12-11(18)4-8-19(12)14-17-16-9-21-14;3-2(4,5)1(6)7/h1-2,5-6,9,11-12H,3-4,7-8H2;(H,6,7)/t11-,12+;/m1./s1. The molecule has 4 heterocycles. The Morgan fingerprint density at radius 3 is 2.36 bits per heavy atom. The van der Waals surface area contributed by atoms with E-state index in [2.05, 4.69) is 20.1 Å². The number of carbonyl (C=O) groups is 2. The molecule has 4 rings (SSSR count). The molecular formula is C16H16F3N5O3S. The number of likely N-dealkylation sites (tertiary alicyclic amines) is 1. The van der Waals surface area contributed by atoms with Crippen molar-refractivity contribution in [3.63, 3.8) is 0 Å². The maximum Gasteiger partial charge on any atom is 0.490 e. The van der Waals surface area contributed by atoms with Crippen molar-refractivity contribution in [3.05, 3.63) is 35.6 Å².